The van der Waals surface area contributed by atoms with Gasteiger partial charge in [-0.25, -0.2) is 0 Å². The van der Waals surface area contributed by atoms with Gasteiger partial charge in [-0.15, -0.1) is 0 Å². The van der Waals surface area contributed by atoms with Gasteiger partial charge in [0, 0.05) is 43.1 Å². The summed E-state index contributed by atoms with van der Waals surface area (Å²) in [5, 5.41) is 35.7. The van der Waals surface area contributed by atoms with Gasteiger partial charge in [0.05, 0.1) is 12.2 Å². The van der Waals surface area contributed by atoms with Crippen molar-refractivity contribution < 1.29 is 15.0 Å². The summed E-state index contributed by atoms with van der Waals surface area (Å²) in [6, 6.07) is 9.93. The number of amides is 1. The molecule has 2 fully saturated rings. The molecule has 30 heavy (non-hydrogen) atoms. The minimum Gasteiger partial charge on any atom is -0.390 e. The molecule has 2 heterocycles. The molecular formula is C22H31N5O3. The van der Waals surface area contributed by atoms with Gasteiger partial charge in [0.25, 0.3) is 0 Å². The van der Waals surface area contributed by atoms with E-state index in [1.54, 1.807) is 0 Å². The number of hydrogen-bond acceptors (Lipinski definition) is 6. The standard InChI is InChI=1S/C22H31N5O3/c1-12(2)23-22(30)18-13(3)20(28)21(29)16-10-27(9-15(16)18)11-17-19(25-26-24-17)14-7-5-4-6-8-14/h4-8,12-13,15-16,18,20-21,28-29H,9-11H2,1-3H3,(H,23,30)(H,24,25,26)/t13-,15+,16+,18+,20+,21+/m1/s1. The summed E-state index contributed by atoms with van der Waals surface area (Å²) >= 11 is 0. The lowest BCUT2D eigenvalue weighted by atomic mass is 9.65. The molecule has 4 rings (SSSR count). The number of aliphatic hydroxyl groups excluding tert-OH is 2. The zero-order chi connectivity index (χ0) is 21.4. The molecule has 8 nitrogen and oxygen atoms in total. The number of rotatable bonds is 5. The van der Waals surface area contributed by atoms with Crippen LogP contribution in [0, 0.1) is 23.7 Å². The average Bonchev–Trinajstić information content (AvgIpc) is 3.34. The van der Waals surface area contributed by atoms with Crippen molar-refractivity contribution >= 4 is 5.91 Å². The van der Waals surface area contributed by atoms with E-state index in [2.05, 4.69) is 25.6 Å². The first-order valence-electron chi connectivity index (χ1n) is 10.7. The lowest BCUT2D eigenvalue weighted by Crippen LogP contribution is -2.56. The lowest BCUT2D eigenvalue weighted by molar-refractivity contribution is -0.146. The number of aliphatic hydroxyl groups is 2. The predicted octanol–water partition coefficient (Wildman–Crippen LogP) is 1.03. The molecule has 1 saturated carbocycles. The third-order valence-corrected chi connectivity index (χ3v) is 6.62. The molecule has 2 aliphatic rings. The number of nitrogens with one attached hydrogen (secondary N) is 2. The molecule has 1 aromatic carbocycles. The summed E-state index contributed by atoms with van der Waals surface area (Å²) in [4.78, 5) is 15.1. The second-order valence-electron chi connectivity index (χ2n) is 9.04. The van der Waals surface area contributed by atoms with Gasteiger partial charge in [0.15, 0.2) is 0 Å². The fraction of sp³-hybridized carbons (Fsp3) is 0.591. The summed E-state index contributed by atoms with van der Waals surface area (Å²) in [6.45, 7) is 7.60. The molecule has 1 aromatic heterocycles. The largest absolute Gasteiger partial charge is 0.390 e. The first-order valence-corrected chi connectivity index (χ1v) is 10.7. The Balaban J connectivity index is 1.54. The van der Waals surface area contributed by atoms with Crippen molar-refractivity contribution in [3.8, 4) is 11.3 Å². The topological polar surface area (TPSA) is 114 Å². The van der Waals surface area contributed by atoms with Gasteiger partial charge < -0.3 is 15.5 Å². The number of aromatic amines is 1. The first kappa shape index (κ1) is 21.0. The van der Waals surface area contributed by atoms with Crippen LogP contribution in [0.1, 0.15) is 26.5 Å². The first-order chi connectivity index (χ1) is 14.4. The fourth-order valence-electron chi connectivity index (χ4n) is 5.19. The second kappa shape index (κ2) is 8.45. The van der Waals surface area contributed by atoms with Crippen molar-refractivity contribution in [2.45, 2.75) is 45.6 Å². The van der Waals surface area contributed by atoms with Crippen LogP contribution >= 0.6 is 0 Å². The zero-order valence-electron chi connectivity index (χ0n) is 17.7. The Hall–Kier alpha value is -2.29. The molecular weight excluding hydrogens is 382 g/mol. The van der Waals surface area contributed by atoms with E-state index in [4.69, 9.17) is 0 Å². The van der Waals surface area contributed by atoms with Crippen LogP contribution in [0.5, 0.6) is 0 Å². The van der Waals surface area contributed by atoms with Gasteiger partial charge in [0.2, 0.25) is 5.91 Å². The van der Waals surface area contributed by atoms with E-state index in [1.807, 2.05) is 51.1 Å². The highest BCUT2D eigenvalue weighted by Gasteiger charge is 2.54. The Morgan fingerprint density at radius 1 is 1.17 bits per heavy atom. The molecule has 8 heteroatoms. The molecule has 1 aliphatic heterocycles. The summed E-state index contributed by atoms with van der Waals surface area (Å²) < 4.78 is 0. The van der Waals surface area contributed by atoms with Crippen molar-refractivity contribution in [3.05, 3.63) is 36.0 Å². The van der Waals surface area contributed by atoms with E-state index in [9.17, 15) is 15.0 Å². The number of hydrogen-bond donors (Lipinski definition) is 4. The summed E-state index contributed by atoms with van der Waals surface area (Å²) in [6.07, 6.45) is -1.73. The number of H-pyrrole nitrogens is 1. The predicted molar refractivity (Wildman–Crippen MR) is 112 cm³/mol. The van der Waals surface area contributed by atoms with E-state index < -0.39 is 12.2 Å². The highest BCUT2D eigenvalue weighted by Crippen LogP contribution is 2.44. The number of fused-ring (bicyclic) bond motifs is 1. The molecule has 0 bridgehead atoms. The summed E-state index contributed by atoms with van der Waals surface area (Å²) in [5.41, 5.74) is 2.65. The fourth-order valence-corrected chi connectivity index (χ4v) is 5.19. The number of likely N-dealkylation sites (tertiary alicyclic amines) is 1. The maximum Gasteiger partial charge on any atom is 0.224 e. The van der Waals surface area contributed by atoms with Gasteiger partial charge in [-0.1, -0.05) is 37.3 Å². The molecule has 1 saturated heterocycles. The van der Waals surface area contributed by atoms with E-state index >= 15 is 0 Å². The maximum absolute atomic E-state index is 12.9. The minimum atomic E-state index is -0.902. The van der Waals surface area contributed by atoms with Crippen LogP contribution in [0.15, 0.2) is 30.3 Å². The van der Waals surface area contributed by atoms with Crippen LogP contribution in [-0.4, -0.2) is 67.8 Å². The zero-order valence-corrected chi connectivity index (χ0v) is 17.7. The molecule has 1 aliphatic carbocycles. The van der Waals surface area contributed by atoms with Gasteiger partial charge >= 0.3 is 0 Å². The number of aromatic nitrogens is 3. The van der Waals surface area contributed by atoms with Crippen LogP contribution in [0.25, 0.3) is 11.3 Å². The smallest absolute Gasteiger partial charge is 0.224 e. The molecule has 6 atom stereocenters. The van der Waals surface area contributed by atoms with E-state index in [1.165, 1.54) is 0 Å². The van der Waals surface area contributed by atoms with Crippen LogP contribution in [0.3, 0.4) is 0 Å². The maximum atomic E-state index is 12.9. The third kappa shape index (κ3) is 3.87. The van der Waals surface area contributed by atoms with E-state index in [-0.39, 0.29) is 35.6 Å². The van der Waals surface area contributed by atoms with E-state index in [0.29, 0.717) is 19.6 Å². The van der Waals surface area contributed by atoms with Gasteiger partial charge in [-0.2, -0.15) is 15.4 Å². The Kier molecular flexibility index (Phi) is 5.90. The Morgan fingerprint density at radius 2 is 1.87 bits per heavy atom. The van der Waals surface area contributed by atoms with Gasteiger partial charge in [0.1, 0.15) is 11.4 Å². The highest BCUT2D eigenvalue weighted by atomic mass is 16.3. The molecule has 0 unspecified atom stereocenters. The monoisotopic (exact) mass is 413 g/mol. The van der Waals surface area contributed by atoms with Crippen molar-refractivity contribution in [2.75, 3.05) is 13.1 Å². The minimum absolute atomic E-state index is 0.00998. The Bertz CT molecular complexity index is 871. The number of nitrogens with zero attached hydrogens (tertiary/aromatic N) is 3. The highest BCUT2D eigenvalue weighted by molar-refractivity contribution is 5.80. The molecule has 0 spiro atoms. The summed E-state index contributed by atoms with van der Waals surface area (Å²) in [5.74, 6) is -0.819. The Labute approximate surface area is 176 Å². The lowest BCUT2D eigenvalue weighted by Gasteiger charge is -2.43. The normalized spacial score (nSPS) is 31.7. The number of carbonyl (C=O) groups excluding carboxylic acids is 1. The SMILES string of the molecule is CC(C)NC(=O)[C@H]1[C@@H](C)[C@H](O)[C@@H](O)[C@H]2CN(Cc3n[nH]nc3-c3ccccc3)C[C@@H]21. The van der Waals surface area contributed by atoms with Crippen molar-refractivity contribution in [1.29, 1.82) is 0 Å². The number of carbonyl (C=O) groups is 1. The van der Waals surface area contributed by atoms with Crippen LogP contribution in [0.4, 0.5) is 0 Å². The van der Waals surface area contributed by atoms with Crippen LogP contribution in [-0.2, 0) is 11.3 Å². The Morgan fingerprint density at radius 3 is 2.57 bits per heavy atom. The average molecular weight is 414 g/mol. The van der Waals surface area contributed by atoms with Gasteiger partial charge in [-0.3, -0.25) is 9.69 Å². The molecule has 4 N–H and O–H groups in total. The quantitative estimate of drug-likeness (QED) is 0.582. The van der Waals surface area contributed by atoms with Crippen molar-refractivity contribution in [3.63, 3.8) is 0 Å². The summed E-state index contributed by atoms with van der Waals surface area (Å²) in [7, 11) is 0. The molecule has 0 radical (unpaired) electrons. The van der Waals surface area contributed by atoms with Crippen LogP contribution < -0.4 is 5.32 Å². The van der Waals surface area contributed by atoms with Crippen molar-refractivity contribution in [1.82, 2.24) is 25.6 Å². The molecule has 1 amide bonds. The van der Waals surface area contributed by atoms with Crippen LogP contribution in [0.2, 0.25) is 0 Å². The molecule has 2 aromatic rings. The molecule has 162 valence electrons. The van der Waals surface area contributed by atoms with Crippen molar-refractivity contribution in [2.24, 2.45) is 23.7 Å². The van der Waals surface area contributed by atoms with E-state index in [0.717, 1.165) is 17.0 Å². The second-order valence-corrected chi connectivity index (χ2v) is 9.04. The van der Waals surface area contributed by atoms with Gasteiger partial charge in [-0.05, 0) is 25.7 Å². The number of benzene rings is 1. The third-order valence-electron chi connectivity index (χ3n) is 6.62.